The largest absolute Gasteiger partial charge is 0.441 e. The molecule has 2 aliphatic heterocycles. The molecular weight excluding hydrogens is 386 g/mol. The molecule has 2 aromatic carbocycles. The van der Waals surface area contributed by atoms with Gasteiger partial charge < -0.3 is 9.30 Å². The van der Waals surface area contributed by atoms with E-state index in [1.807, 2.05) is 24.3 Å². The van der Waals surface area contributed by atoms with Gasteiger partial charge in [-0.25, -0.2) is 4.79 Å². The van der Waals surface area contributed by atoms with E-state index in [1.54, 1.807) is 4.90 Å². The number of rotatable bonds is 4. The van der Waals surface area contributed by atoms with Crippen LogP contribution in [0.2, 0.25) is 0 Å². The molecule has 0 saturated carbocycles. The third kappa shape index (κ3) is 3.61. The van der Waals surface area contributed by atoms with Crippen LogP contribution in [0.3, 0.4) is 0 Å². The minimum Gasteiger partial charge on any atom is -0.441 e. The third-order valence-corrected chi connectivity index (χ3v) is 7.04. The number of carbonyl (C=O) groups is 1. The van der Waals surface area contributed by atoms with Crippen molar-refractivity contribution in [1.29, 1.82) is 0 Å². The van der Waals surface area contributed by atoms with Crippen LogP contribution in [-0.4, -0.2) is 40.8 Å². The second-order valence-electron chi connectivity index (χ2n) is 9.15. The maximum Gasteiger partial charge on any atom is 0.415 e. The topological polar surface area (TPSA) is 37.7 Å². The van der Waals surface area contributed by atoms with Crippen LogP contribution >= 0.6 is 0 Å². The Kier molecular flexibility index (Phi) is 5.01. The van der Waals surface area contributed by atoms with E-state index in [1.165, 1.54) is 27.6 Å². The van der Waals surface area contributed by atoms with Crippen molar-refractivity contribution in [2.45, 2.75) is 52.3 Å². The van der Waals surface area contributed by atoms with Gasteiger partial charge in [0.15, 0.2) is 0 Å². The Morgan fingerprint density at radius 1 is 1.00 bits per heavy atom. The smallest absolute Gasteiger partial charge is 0.415 e. The summed E-state index contributed by atoms with van der Waals surface area (Å²) >= 11 is 0. The van der Waals surface area contributed by atoms with Crippen LogP contribution in [0.15, 0.2) is 48.7 Å². The lowest BCUT2D eigenvalue weighted by atomic mass is 9.91. The number of nitrogens with zero attached hydrogens (tertiary/aromatic N) is 3. The van der Waals surface area contributed by atoms with E-state index in [0.717, 1.165) is 44.7 Å². The SMILES string of the molecule is CCn1ccc2c(CN3CCC4(CC3)CN(c3ccc(C)cc3)C(=O)O4)ccc(C)c21. The summed E-state index contributed by atoms with van der Waals surface area (Å²) in [6.45, 7) is 10.9. The molecule has 0 bridgehead atoms. The first kappa shape index (κ1) is 20.1. The zero-order chi connectivity index (χ0) is 21.6. The predicted molar refractivity (Wildman–Crippen MR) is 125 cm³/mol. The summed E-state index contributed by atoms with van der Waals surface area (Å²) in [6, 6.07) is 14.9. The molecule has 2 aliphatic rings. The highest BCUT2D eigenvalue weighted by Crippen LogP contribution is 2.36. The zero-order valence-corrected chi connectivity index (χ0v) is 18.7. The Hall–Kier alpha value is -2.79. The number of amides is 1. The van der Waals surface area contributed by atoms with Gasteiger partial charge in [-0.1, -0.05) is 29.8 Å². The summed E-state index contributed by atoms with van der Waals surface area (Å²) in [7, 11) is 0. The van der Waals surface area contributed by atoms with E-state index in [9.17, 15) is 4.79 Å². The van der Waals surface area contributed by atoms with Gasteiger partial charge in [-0.15, -0.1) is 0 Å². The van der Waals surface area contributed by atoms with Crippen molar-refractivity contribution < 1.29 is 9.53 Å². The van der Waals surface area contributed by atoms with Crippen molar-refractivity contribution in [3.8, 4) is 0 Å². The van der Waals surface area contributed by atoms with Crippen molar-refractivity contribution in [3.63, 3.8) is 0 Å². The second kappa shape index (κ2) is 7.72. The van der Waals surface area contributed by atoms with Crippen LogP contribution < -0.4 is 4.90 Å². The minimum atomic E-state index is -0.355. The molecule has 2 saturated heterocycles. The molecule has 3 aromatic rings. The molecule has 1 spiro atoms. The molecule has 162 valence electrons. The van der Waals surface area contributed by atoms with Crippen molar-refractivity contribution in [1.82, 2.24) is 9.47 Å². The van der Waals surface area contributed by atoms with E-state index >= 15 is 0 Å². The number of likely N-dealkylation sites (tertiary alicyclic amines) is 1. The minimum absolute atomic E-state index is 0.210. The van der Waals surface area contributed by atoms with Crippen LogP contribution in [0, 0.1) is 13.8 Å². The molecule has 0 atom stereocenters. The molecule has 5 heteroatoms. The lowest BCUT2D eigenvalue weighted by Gasteiger charge is -2.37. The summed E-state index contributed by atoms with van der Waals surface area (Å²) in [5.41, 5.74) is 5.83. The summed E-state index contributed by atoms with van der Waals surface area (Å²) in [6.07, 6.45) is 3.75. The third-order valence-electron chi connectivity index (χ3n) is 7.04. The van der Waals surface area contributed by atoms with Crippen molar-refractivity contribution in [3.05, 3.63) is 65.4 Å². The van der Waals surface area contributed by atoms with Gasteiger partial charge in [0.25, 0.3) is 0 Å². The monoisotopic (exact) mass is 417 g/mol. The molecule has 1 aromatic heterocycles. The maximum atomic E-state index is 12.6. The van der Waals surface area contributed by atoms with Gasteiger partial charge in [0.2, 0.25) is 0 Å². The van der Waals surface area contributed by atoms with Crippen LogP contribution in [-0.2, 0) is 17.8 Å². The number of hydrogen-bond acceptors (Lipinski definition) is 3. The fourth-order valence-corrected chi connectivity index (χ4v) is 5.13. The number of aromatic nitrogens is 1. The number of anilines is 1. The number of fused-ring (bicyclic) bond motifs is 1. The molecule has 3 heterocycles. The molecule has 0 unspecified atom stereocenters. The standard InChI is InChI=1S/C26H31N3O2/c1-4-28-14-11-23-21(8-7-20(3)24(23)28)17-27-15-12-26(13-16-27)18-29(25(30)31-26)22-9-5-19(2)6-10-22/h5-11,14H,4,12-13,15-18H2,1-3H3. The normalized spacial score (nSPS) is 18.8. The lowest BCUT2D eigenvalue weighted by molar-refractivity contribution is -0.000879. The van der Waals surface area contributed by atoms with E-state index < -0.39 is 0 Å². The average molecular weight is 418 g/mol. The highest BCUT2D eigenvalue weighted by molar-refractivity contribution is 5.90. The lowest BCUT2D eigenvalue weighted by Crippen LogP contribution is -2.46. The maximum absolute atomic E-state index is 12.6. The Bertz CT molecular complexity index is 1110. The molecule has 5 nitrogen and oxygen atoms in total. The predicted octanol–water partition coefficient (Wildman–Crippen LogP) is 5.27. The Morgan fingerprint density at radius 3 is 2.45 bits per heavy atom. The van der Waals surface area contributed by atoms with Crippen molar-refractivity contribution in [2.24, 2.45) is 0 Å². The number of hydrogen-bond donors (Lipinski definition) is 0. The fourth-order valence-electron chi connectivity index (χ4n) is 5.13. The van der Waals surface area contributed by atoms with Gasteiger partial charge in [0.1, 0.15) is 5.60 Å². The first-order chi connectivity index (χ1) is 15.0. The van der Waals surface area contributed by atoms with Gasteiger partial charge in [0.05, 0.1) is 12.1 Å². The molecule has 1 amide bonds. The molecular formula is C26H31N3O2. The average Bonchev–Trinajstić information content (AvgIpc) is 3.35. The first-order valence-corrected chi connectivity index (χ1v) is 11.3. The van der Waals surface area contributed by atoms with E-state index in [4.69, 9.17) is 4.74 Å². The summed E-state index contributed by atoms with van der Waals surface area (Å²) in [5, 5.41) is 1.36. The van der Waals surface area contributed by atoms with Crippen LogP contribution in [0.25, 0.3) is 10.9 Å². The molecule has 5 rings (SSSR count). The number of piperidine rings is 1. The molecule has 0 radical (unpaired) electrons. The van der Waals surface area contributed by atoms with Gasteiger partial charge in [-0.3, -0.25) is 9.80 Å². The summed E-state index contributed by atoms with van der Waals surface area (Å²) in [5.74, 6) is 0. The van der Waals surface area contributed by atoms with Gasteiger partial charge in [-0.2, -0.15) is 0 Å². The van der Waals surface area contributed by atoms with Gasteiger partial charge in [-0.05, 0) is 50.1 Å². The zero-order valence-electron chi connectivity index (χ0n) is 18.7. The summed E-state index contributed by atoms with van der Waals surface area (Å²) in [4.78, 5) is 16.9. The Labute approximate surface area is 184 Å². The quantitative estimate of drug-likeness (QED) is 0.580. The van der Waals surface area contributed by atoms with E-state index in [-0.39, 0.29) is 11.7 Å². The number of ether oxygens (including phenoxy) is 1. The number of benzene rings is 2. The number of aryl methyl sites for hydroxylation is 3. The van der Waals surface area contributed by atoms with Crippen LogP contribution in [0.5, 0.6) is 0 Å². The van der Waals surface area contributed by atoms with Gasteiger partial charge >= 0.3 is 6.09 Å². The molecule has 31 heavy (non-hydrogen) atoms. The second-order valence-corrected chi connectivity index (χ2v) is 9.15. The highest BCUT2D eigenvalue weighted by atomic mass is 16.6. The first-order valence-electron chi connectivity index (χ1n) is 11.3. The highest BCUT2D eigenvalue weighted by Gasteiger charge is 2.47. The van der Waals surface area contributed by atoms with E-state index in [2.05, 4.69) is 54.6 Å². The molecule has 0 N–H and O–H groups in total. The van der Waals surface area contributed by atoms with Crippen molar-refractivity contribution >= 4 is 22.7 Å². The molecule has 0 aliphatic carbocycles. The Morgan fingerprint density at radius 2 is 1.74 bits per heavy atom. The van der Waals surface area contributed by atoms with E-state index in [0.29, 0.717) is 6.54 Å². The Balaban J connectivity index is 1.28. The van der Waals surface area contributed by atoms with Crippen LogP contribution in [0.1, 0.15) is 36.5 Å². The van der Waals surface area contributed by atoms with Crippen LogP contribution in [0.4, 0.5) is 10.5 Å². The number of carbonyl (C=O) groups excluding carboxylic acids is 1. The summed E-state index contributed by atoms with van der Waals surface area (Å²) < 4.78 is 8.28. The fraction of sp³-hybridized carbons (Fsp3) is 0.423. The molecule has 2 fully saturated rings. The van der Waals surface area contributed by atoms with Gasteiger partial charge in [0, 0.05) is 56.3 Å². The van der Waals surface area contributed by atoms with Crippen molar-refractivity contribution in [2.75, 3.05) is 24.5 Å².